The number of carboxylic acid groups (broad SMARTS) is 1. The number of benzene rings is 2. The van der Waals surface area contributed by atoms with Crippen LogP contribution in [0.3, 0.4) is 0 Å². The molecule has 0 unspecified atom stereocenters. The fourth-order valence-electron chi connectivity index (χ4n) is 4.40. The van der Waals surface area contributed by atoms with Gasteiger partial charge in [-0.1, -0.05) is 0 Å². The highest BCUT2D eigenvalue weighted by atomic mass is 19.2. The molecule has 1 saturated carbocycles. The highest BCUT2D eigenvalue weighted by molar-refractivity contribution is 5.92. The number of carboxylic acids is 1. The lowest BCUT2D eigenvalue weighted by Gasteiger charge is -2.27. The van der Waals surface area contributed by atoms with Crippen LogP contribution >= 0.6 is 0 Å². The van der Waals surface area contributed by atoms with Gasteiger partial charge in [-0.15, -0.1) is 0 Å². The van der Waals surface area contributed by atoms with Crippen LogP contribution < -0.4 is 14.8 Å². The van der Waals surface area contributed by atoms with Gasteiger partial charge in [-0.3, -0.25) is 0 Å². The number of aromatic nitrogens is 2. The molecule has 4 aromatic rings. The molecule has 2 heterocycles. The molecule has 38 heavy (non-hydrogen) atoms. The lowest BCUT2D eigenvalue weighted by molar-refractivity contribution is 0.0673. The summed E-state index contributed by atoms with van der Waals surface area (Å²) < 4.78 is 60.8. The number of anilines is 1. The largest absolute Gasteiger partial charge is 0.492 e. The molecule has 2 aromatic carbocycles. The number of aromatic carboxylic acids is 1. The van der Waals surface area contributed by atoms with Gasteiger partial charge >= 0.3 is 5.97 Å². The first-order valence-electron chi connectivity index (χ1n) is 12.0. The van der Waals surface area contributed by atoms with E-state index in [0.717, 1.165) is 25.3 Å². The number of hydrogen-bond acceptors (Lipinski definition) is 7. The Morgan fingerprint density at radius 1 is 1.16 bits per heavy atom. The summed E-state index contributed by atoms with van der Waals surface area (Å²) in [5, 5.41) is 12.5. The minimum absolute atomic E-state index is 0.0100. The minimum atomic E-state index is -1.42. The predicted molar refractivity (Wildman–Crippen MR) is 132 cm³/mol. The molecular formula is C27H24F3N3O5. The zero-order valence-corrected chi connectivity index (χ0v) is 20.6. The first-order valence-corrected chi connectivity index (χ1v) is 12.0. The van der Waals surface area contributed by atoms with Gasteiger partial charge in [0.05, 0.1) is 24.3 Å². The van der Waals surface area contributed by atoms with Gasteiger partial charge in [0.25, 0.3) is 0 Å². The number of halogens is 3. The van der Waals surface area contributed by atoms with Crippen LogP contribution in [0.4, 0.5) is 19.0 Å². The Balaban J connectivity index is 1.37. The number of fused-ring (bicyclic) bond motifs is 1. The SMILES string of the molecule is COc1c(CCNc2cc(-c3cc(F)c(C(=O)O)c(OC4CCC4)c3)ncn2)c(F)c(F)c2cc(C)oc12. The number of nitrogens with one attached hydrogen (secondary N) is 1. The van der Waals surface area contributed by atoms with Crippen molar-refractivity contribution in [1.82, 2.24) is 9.97 Å². The molecule has 2 aromatic heterocycles. The third-order valence-corrected chi connectivity index (χ3v) is 6.49. The van der Waals surface area contributed by atoms with Crippen LogP contribution in [0, 0.1) is 24.4 Å². The molecule has 5 rings (SSSR count). The molecule has 11 heteroatoms. The number of ether oxygens (including phenoxy) is 2. The van der Waals surface area contributed by atoms with Gasteiger partial charge in [0.1, 0.15) is 35.0 Å². The average molecular weight is 527 g/mol. The van der Waals surface area contributed by atoms with Gasteiger partial charge in [0, 0.05) is 23.7 Å². The highest BCUT2D eigenvalue weighted by Crippen LogP contribution is 2.37. The van der Waals surface area contributed by atoms with E-state index >= 15 is 0 Å². The van der Waals surface area contributed by atoms with Crippen LogP contribution in [-0.4, -0.2) is 40.8 Å². The molecule has 2 N–H and O–H groups in total. The molecule has 0 saturated heterocycles. The monoisotopic (exact) mass is 527 g/mol. The van der Waals surface area contributed by atoms with Crippen molar-refractivity contribution in [3.8, 4) is 22.8 Å². The average Bonchev–Trinajstić information content (AvgIpc) is 3.25. The topological polar surface area (TPSA) is 107 Å². The molecule has 1 fully saturated rings. The van der Waals surface area contributed by atoms with Crippen LogP contribution in [-0.2, 0) is 6.42 Å². The van der Waals surface area contributed by atoms with E-state index in [1.54, 1.807) is 6.92 Å². The predicted octanol–water partition coefficient (Wildman–Crippen LogP) is 5.91. The molecule has 198 valence electrons. The van der Waals surface area contributed by atoms with Crippen LogP contribution in [0.2, 0.25) is 0 Å². The van der Waals surface area contributed by atoms with Gasteiger partial charge in [-0.05, 0) is 50.8 Å². The fraction of sp³-hybridized carbons (Fsp3) is 0.296. The van der Waals surface area contributed by atoms with Crippen molar-refractivity contribution in [3.05, 3.63) is 64.9 Å². The van der Waals surface area contributed by atoms with E-state index in [2.05, 4.69) is 15.3 Å². The van der Waals surface area contributed by atoms with Crippen molar-refractivity contribution in [1.29, 1.82) is 0 Å². The maximum Gasteiger partial charge on any atom is 0.342 e. The van der Waals surface area contributed by atoms with Gasteiger partial charge in [0.15, 0.2) is 23.0 Å². The van der Waals surface area contributed by atoms with Crippen molar-refractivity contribution in [2.75, 3.05) is 19.0 Å². The lowest BCUT2D eigenvalue weighted by atomic mass is 9.96. The fourth-order valence-corrected chi connectivity index (χ4v) is 4.40. The maximum atomic E-state index is 14.8. The molecule has 0 bridgehead atoms. The standard InChI is InChI=1S/C27H24F3N3O5/c1-13-8-17-24(30)23(29)16(25(36-2)26(17)37-13)6-7-31-21-11-19(32-12-33-21)14-9-18(28)22(27(34)35)20(10-14)38-15-4-3-5-15/h8-12,15H,3-7H2,1-2H3,(H,34,35)(H,31,32,33). The zero-order valence-electron chi connectivity index (χ0n) is 20.6. The molecule has 0 amide bonds. The number of rotatable bonds is 9. The molecule has 0 radical (unpaired) electrons. The van der Waals surface area contributed by atoms with E-state index in [4.69, 9.17) is 13.9 Å². The summed E-state index contributed by atoms with van der Waals surface area (Å²) in [4.78, 5) is 19.9. The van der Waals surface area contributed by atoms with Crippen molar-refractivity contribution in [3.63, 3.8) is 0 Å². The number of carbonyl (C=O) groups is 1. The summed E-state index contributed by atoms with van der Waals surface area (Å²) in [7, 11) is 1.36. The van der Waals surface area contributed by atoms with E-state index in [0.29, 0.717) is 22.8 Å². The Kier molecular flexibility index (Phi) is 6.83. The molecule has 0 aliphatic heterocycles. The number of methoxy groups -OCH3 is 1. The number of hydrogen-bond donors (Lipinski definition) is 2. The summed E-state index contributed by atoms with van der Waals surface area (Å²) in [6.07, 6.45) is 3.65. The van der Waals surface area contributed by atoms with Crippen LogP contribution in [0.15, 0.2) is 35.0 Å². The summed E-state index contributed by atoms with van der Waals surface area (Å²) in [6, 6.07) is 5.47. The van der Waals surface area contributed by atoms with E-state index in [-0.39, 0.29) is 47.1 Å². The van der Waals surface area contributed by atoms with E-state index in [9.17, 15) is 23.1 Å². The second-order valence-electron chi connectivity index (χ2n) is 9.01. The molecule has 1 aliphatic rings. The Hall–Kier alpha value is -4.28. The van der Waals surface area contributed by atoms with Crippen molar-refractivity contribution in [2.45, 2.75) is 38.7 Å². The third kappa shape index (κ3) is 4.71. The summed E-state index contributed by atoms with van der Waals surface area (Å²) in [6.45, 7) is 1.78. The molecular weight excluding hydrogens is 503 g/mol. The van der Waals surface area contributed by atoms with Crippen molar-refractivity contribution >= 4 is 22.8 Å². The second kappa shape index (κ2) is 10.2. The quantitative estimate of drug-likeness (QED) is 0.277. The summed E-state index contributed by atoms with van der Waals surface area (Å²) in [5.41, 5.74) is 0.243. The molecule has 0 spiro atoms. The highest BCUT2D eigenvalue weighted by Gasteiger charge is 2.26. The van der Waals surface area contributed by atoms with Crippen molar-refractivity contribution in [2.24, 2.45) is 0 Å². The van der Waals surface area contributed by atoms with Crippen LogP contribution in [0.1, 0.15) is 40.9 Å². The first-order chi connectivity index (χ1) is 18.3. The lowest BCUT2D eigenvalue weighted by Crippen LogP contribution is -2.25. The smallest absolute Gasteiger partial charge is 0.342 e. The van der Waals surface area contributed by atoms with Crippen molar-refractivity contribution < 1.29 is 37.0 Å². The minimum Gasteiger partial charge on any atom is -0.492 e. The first kappa shape index (κ1) is 25.4. The Bertz CT molecular complexity index is 1530. The van der Waals surface area contributed by atoms with Crippen LogP contribution in [0.5, 0.6) is 11.5 Å². The third-order valence-electron chi connectivity index (χ3n) is 6.49. The summed E-state index contributed by atoms with van der Waals surface area (Å²) in [5.74, 6) is -3.56. The van der Waals surface area contributed by atoms with Crippen LogP contribution in [0.25, 0.3) is 22.2 Å². The number of nitrogens with zero attached hydrogens (tertiary/aromatic N) is 2. The molecule has 8 nitrogen and oxygen atoms in total. The van der Waals surface area contributed by atoms with Gasteiger partial charge < -0.3 is 24.3 Å². The Morgan fingerprint density at radius 3 is 2.63 bits per heavy atom. The Morgan fingerprint density at radius 2 is 1.95 bits per heavy atom. The van der Waals surface area contributed by atoms with E-state index < -0.39 is 29.0 Å². The van der Waals surface area contributed by atoms with E-state index in [1.807, 2.05) is 0 Å². The van der Waals surface area contributed by atoms with Gasteiger partial charge in [-0.2, -0.15) is 0 Å². The van der Waals surface area contributed by atoms with E-state index in [1.165, 1.54) is 31.6 Å². The molecule has 0 atom stereocenters. The number of aryl methyl sites for hydroxylation is 1. The number of furan rings is 1. The zero-order chi connectivity index (χ0) is 27.0. The molecule has 1 aliphatic carbocycles. The van der Waals surface area contributed by atoms with Gasteiger partial charge in [0.2, 0.25) is 0 Å². The van der Waals surface area contributed by atoms with Gasteiger partial charge in [-0.25, -0.2) is 27.9 Å². The Labute approximate surface area is 215 Å². The maximum absolute atomic E-state index is 14.8. The summed E-state index contributed by atoms with van der Waals surface area (Å²) >= 11 is 0. The second-order valence-corrected chi connectivity index (χ2v) is 9.01. The normalized spacial score (nSPS) is 13.4.